The number of carboxylic acids is 1. The second-order valence-electron chi connectivity index (χ2n) is 8.00. The number of carbonyl (C=O) groups is 2. The minimum Gasteiger partial charge on any atom is -0.493 e. The van der Waals surface area contributed by atoms with E-state index >= 15 is 0 Å². The Morgan fingerprint density at radius 3 is 2.48 bits per heavy atom. The molecule has 1 saturated heterocycles. The molecule has 0 radical (unpaired) electrons. The Morgan fingerprint density at radius 1 is 1.19 bits per heavy atom. The molecule has 0 spiro atoms. The van der Waals surface area contributed by atoms with Gasteiger partial charge in [-0.1, -0.05) is 38.0 Å². The number of ether oxygens (including phenoxy) is 1. The smallest absolute Gasteiger partial charge is 0.307 e. The zero-order chi connectivity index (χ0) is 19.2. The van der Waals surface area contributed by atoms with E-state index in [0.29, 0.717) is 24.9 Å². The van der Waals surface area contributed by atoms with Crippen molar-refractivity contribution in [3.8, 4) is 5.75 Å². The number of nitrogens with zero attached hydrogens (tertiary/aromatic N) is 1. The molecule has 1 aliphatic carbocycles. The third-order valence-corrected chi connectivity index (χ3v) is 6.00. The van der Waals surface area contributed by atoms with Gasteiger partial charge in [-0.2, -0.15) is 0 Å². The Morgan fingerprint density at radius 2 is 1.85 bits per heavy atom. The van der Waals surface area contributed by atoms with Crippen LogP contribution in [0.1, 0.15) is 51.0 Å². The summed E-state index contributed by atoms with van der Waals surface area (Å²) in [7, 11) is 0. The molecule has 3 unspecified atom stereocenters. The summed E-state index contributed by atoms with van der Waals surface area (Å²) in [6, 6.07) is 7.55. The van der Waals surface area contributed by atoms with Crippen LogP contribution < -0.4 is 4.74 Å². The van der Waals surface area contributed by atoms with Crippen molar-refractivity contribution in [2.45, 2.75) is 51.9 Å². The zero-order valence-electron chi connectivity index (χ0n) is 16.2. The van der Waals surface area contributed by atoms with Crippen LogP contribution >= 0.6 is 0 Å². The molecule has 2 fully saturated rings. The SMILES string of the molecule is CCCOc1ccccc1CC(CC(=O)N1CC2CCCCC2C1)C(=O)O. The molecule has 1 N–H and O–H groups in total. The van der Waals surface area contributed by atoms with E-state index in [2.05, 4.69) is 0 Å². The second-order valence-corrected chi connectivity index (χ2v) is 8.00. The summed E-state index contributed by atoms with van der Waals surface area (Å²) in [5.74, 6) is 0.328. The van der Waals surface area contributed by atoms with Crippen molar-refractivity contribution < 1.29 is 19.4 Å². The molecule has 27 heavy (non-hydrogen) atoms. The van der Waals surface area contributed by atoms with Gasteiger partial charge in [-0.15, -0.1) is 0 Å². The van der Waals surface area contributed by atoms with E-state index in [-0.39, 0.29) is 12.3 Å². The van der Waals surface area contributed by atoms with E-state index in [0.717, 1.165) is 30.8 Å². The summed E-state index contributed by atoms with van der Waals surface area (Å²) < 4.78 is 5.75. The lowest BCUT2D eigenvalue weighted by Gasteiger charge is -2.22. The van der Waals surface area contributed by atoms with Crippen molar-refractivity contribution in [1.29, 1.82) is 0 Å². The number of rotatable bonds is 8. The van der Waals surface area contributed by atoms with E-state index in [9.17, 15) is 14.7 Å². The first-order valence-corrected chi connectivity index (χ1v) is 10.3. The average Bonchev–Trinajstić information content (AvgIpc) is 3.11. The van der Waals surface area contributed by atoms with Crippen LogP contribution in [0.2, 0.25) is 0 Å². The quantitative estimate of drug-likeness (QED) is 0.753. The van der Waals surface area contributed by atoms with Crippen LogP contribution in [-0.2, 0) is 16.0 Å². The highest BCUT2D eigenvalue weighted by atomic mass is 16.5. The fourth-order valence-electron chi connectivity index (χ4n) is 4.49. The number of carbonyl (C=O) groups excluding carboxylic acids is 1. The van der Waals surface area contributed by atoms with Crippen molar-refractivity contribution >= 4 is 11.9 Å². The maximum Gasteiger partial charge on any atom is 0.307 e. The number of carboxylic acid groups (broad SMARTS) is 1. The van der Waals surface area contributed by atoms with Crippen molar-refractivity contribution in [1.82, 2.24) is 4.90 Å². The van der Waals surface area contributed by atoms with Crippen molar-refractivity contribution in [3.63, 3.8) is 0 Å². The third kappa shape index (κ3) is 5.02. The summed E-state index contributed by atoms with van der Waals surface area (Å²) >= 11 is 0. The number of hydrogen-bond acceptors (Lipinski definition) is 3. The van der Waals surface area contributed by atoms with E-state index in [4.69, 9.17) is 4.74 Å². The van der Waals surface area contributed by atoms with Gasteiger partial charge in [0.1, 0.15) is 5.75 Å². The van der Waals surface area contributed by atoms with Gasteiger partial charge in [0.15, 0.2) is 0 Å². The molecule has 148 valence electrons. The van der Waals surface area contributed by atoms with Gasteiger partial charge >= 0.3 is 5.97 Å². The van der Waals surface area contributed by atoms with Crippen LogP contribution in [0.3, 0.4) is 0 Å². The molecule has 1 heterocycles. The van der Waals surface area contributed by atoms with Gasteiger partial charge in [0.2, 0.25) is 5.91 Å². The number of aliphatic carboxylic acids is 1. The van der Waals surface area contributed by atoms with E-state index in [1.165, 1.54) is 25.7 Å². The topological polar surface area (TPSA) is 66.8 Å². The molecule has 2 aliphatic rings. The number of fused-ring (bicyclic) bond motifs is 1. The predicted octanol–water partition coefficient (Wildman–Crippen LogP) is 3.76. The number of benzene rings is 1. The van der Waals surface area contributed by atoms with Crippen LogP contribution in [-0.4, -0.2) is 41.6 Å². The van der Waals surface area contributed by atoms with Crippen LogP contribution in [0.25, 0.3) is 0 Å². The molecule has 3 rings (SSSR count). The molecule has 0 aromatic heterocycles. The predicted molar refractivity (Wildman–Crippen MR) is 104 cm³/mol. The monoisotopic (exact) mass is 373 g/mol. The number of amides is 1. The summed E-state index contributed by atoms with van der Waals surface area (Å²) in [5, 5.41) is 9.69. The summed E-state index contributed by atoms with van der Waals surface area (Å²) in [6.07, 6.45) is 6.22. The minimum absolute atomic E-state index is 0.0104. The molecule has 1 aromatic carbocycles. The molecule has 5 nitrogen and oxygen atoms in total. The molecular weight excluding hydrogens is 342 g/mol. The van der Waals surface area contributed by atoms with Gasteiger partial charge in [0.25, 0.3) is 0 Å². The lowest BCUT2D eigenvalue weighted by Crippen LogP contribution is -2.33. The lowest BCUT2D eigenvalue weighted by molar-refractivity contribution is -0.145. The molecule has 1 aliphatic heterocycles. The van der Waals surface area contributed by atoms with E-state index in [1.54, 1.807) is 0 Å². The van der Waals surface area contributed by atoms with Gasteiger partial charge < -0.3 is 14.7 Å². The van der Waals surface area contributed by atoms with Crippen LogP contribution in [0.5, 0.6) is 5.75 Å². The highest BCUT2D eigenvalue weighted by Crippen LogP contribution is 2.36. The van der Waals surface area contributed by atoms with E-state index in [1.807, 2.05) is 36.1 Å². The zero-order valence-corrected chi connectivity index (χ0v) is 16.2. The van der Waals surface area contributed by atoms with Crippen LogP contribution in [0, 0.1) is 17.8 Å². The molecule has 1 saturated carbocycles. The molecule has 0 bridgehead atoms. The normalized spacial score (nSPS) is 22.9. The largest absolute Gasteiger partial charge is 0.493 e. The van der Waals surface area contributed by atoms with Crippen molar-refractivity contribution in [2.75, 3.05) is 19.7 Å². The van der Waals surface area contributed by atoms with Gasteiger partial charge in [0, 0.05) is 19.5 Å². The standard InChI is InChI=1S/C22H31NO4/c1-2-11-27-20-10-6-5-7-16(20)12-19(22(25)26)13-21(24)23-14-17-8-3-4-9-18(17)15-23/h5-7,10,17-19H,2-4,8-9,11-15H2,1H3,(H,25,26). The van der Waals surface area contributed by atoms with Gasteiger partial charge in [-0.3, -0.25) is 9.59 Å². The Balaban J connectivity index is 1.63. The molecule has 1 aromatic rings. The van der Waals surface area contributed by atoms with Crippen LogP contribution in [0.4, 0.5) is 0 Å². The molecular formula is C22H31NO4. The summed E-state index contributed by atoms with van der Waals surface area (Å²) in [6.45, 7) is 4.26. The molecule has 3 atom stereocenters. The summed E-state index contributed by atoms with van der Waals surface area (Å²) in [4.78, 5) is 26.5. The average molecular weight is 373 g/mol. The fraction of sp³-hybridized carbons (Fsp3) is 0.636. The second kappa shape index (κ2) is 9.25. The number of hydrogen-bond donors (Lipinski definition) is 1. The number of likely N-dealkylation sites (tertiary alicyclic amines) is 1. The Labute approximate surface area is 161 Å². The maximum absolute atomic E-state index is 12.8. The molecule has 1 amide bonds. The minimum atomic E-state index is -0.912. The Hall–Kier alpha value is -2.04. The first-order valence-electron chi connectivity index (χ1n) is 10.3. The van der Waals surface area contributed by atoms with E-state index < -0.39 is 11.9 Å². The summed E-state index contributed by atoms with van der Waals surface area (Å²) in [5.41, 5.74) is 0.862. The first-order chi connectivity index (χ1) is 13.1. The highest BCUT2D eigenvalue weighted by molar-refractivity contribution is 5.82. The lowest BCUT2D eigenvalue weighted by atomic mass is 9.82. The van der Waals surface area contributed by atoms with Gasteiger partial charge in [0.05, 0.1) is 12.5 Å². The number of para-hydroxylation sites is 1. The maximum atomic E-state index is 12.8. The van der Waals surface area contributed by atoms with Crippen molar-refractivity contribution in [3.05, 3.63) is 29.8 Å². The first kappa shape index (κ1) is 19.7. The highest BCUT2D eigenvalue weighted by Gasteiger charge is 2.37. The Bertz CT molecular complexity index is 645. The van der Waals surface area contributed by atoms with Crippen LogP contribution in [0.15, 0.2) is 24.3 Å². The van der Waals surface area contributed by atoms with Crippen molar-refractivity contribution in [2.24, 2.45) is 17.8 Å². The Kier molecular flexibility index (Phi) is 6.75. The van der Waals surface area contributed by atoms with Gasteiger partial charge in [-0.25, -0.2) is 0 Å². The molecule has 5 heteroatoms. The fourth-order valence-corrected chi connectivity index (χ4v) is 4.49. The van der Waals surface area contributed by atoms with Gasteiger partial charge in [-0.05, 0) is 49.1 Å². The third-order valence-electron chi connectivity index (χ3n) is 6.00.